The Labute approximate surface area is 96.2 Å². The zero-order valence-electron chi connectivity index (χ0n) is 8.99. The highest BCUT2D eigenvalue weighted by atomic mass is 16.1. The Kier molecular flexibility index (Phi) is 8.40. The summed E-state index contributed by atoms with van der Waals surface area (Å²) in [6, 6.07) is 2.35. The predicted octanol–water partition coefficient (Wildman–Crippen LogP) is 0.321. The van der Waals surface area contributed by atoms with Gasteiger partial charge < -0.3 is 0 Å². The minimum absolute atomic E-state index is 0.224. The summed E-state index contributed by atoms with van der Waals surface area (Å²) in [5.74, 6) is 22.3. The van der Waals surface area contributed by atoms with Crippen LogP contribution in [-0.4, -0.2) is 5.91 Å². The standard InChI is InChI=1S/C14H8NO/c1-3-4-5-6-7-8-9-10-11-12-13-15-14(2)16/h3H,1-2H3,(H,15,16)/q-1. The molecule has 0 fully saturated rings. The lowest BCUT2D eigenvalue weighted by atomic mass is 10.4. The van der Waals surface area contributed by atoms with Crippen LogP contribution in [0, 0.1) is 65.7 Å². The molecule has 0 aliphatic rings. The van der Waals surface area contributed by atoms with Crippen LogP contribution in [0.3, 0.4) is 0 Å². The van der Waals surface area contributed by atoms with E-state index in [-0.39, 0.29) is 5.91 Å². The van der Waals surface area contributed by atoms with E-state index in [1.165, 1.54) is 6.92 Å². The number of carbonyl (C=O) groups excluding carboxylic acids is 1. The van der Waals surface area contributed by atoms with E-state index < -0.39 is 0 Å². The molecule has 76 valence electrons. The molecule has 0 aromatic heterocycles. The predicted molar refractivity (Wildman–Crippen MR) is 62.7 cm³/mol. The highest BCUT2D eigenvalue weighted by Crippen LogP contribution is 1.62. The Hall–Kier alpha value is -2.86. The fourth-order valence-corrected chi connectivity index (χ4v) is 0.446. The minimum atomic E-state index is -0.224. The molecule has 0 bridgehead atoms. The molecule has 0 aliphatic carbocycles. The molecule has 0 radical (unpaired) electrons. The van der Waals surface area contributed by atoms with E-state index in [0.29, 0.717) is 0 Å². The largest absolute Gasteiger partial charge is 0.285 e. The summed E-state index contributed by atoms with van der Waals surface area (Å²) in [5, 5.41) is 2.27. The van der Waals surface area contributed by atoms with E-state index in [1.807, 2.05) is 6.92 Å². The van der Waals surface area contributed by atoms with Crippen molar-refractivity contribution in [1.82, 2.24) is 5.32 Å². The van der Waals surface area contributed by atoms with Crippen LogP contribution in [0.4, 0.5) is 0 Å². The average Bonchev–Trinajstić information content (AvgIpc) is 2.25. The van der Waals surface area contributed by atoms with E-state index in [9.17, 15) is 4.79 Å². The van der Waals surface area contributed by atoms with E-state index in [2.05, 4.69) is 64.6 Å². The summed E-state index contributed by atoms with van der Waals surface area (Å²) in [5.41, 5.74) is 0. The second kappa shape index (κ2) is 10.2. The summed E-state index contributed by atoms with van der Waals surface area (Å²) in [6.45, 7) is 3.19. The third-order valence-electron chi connectivity index (χ3n) is 0.955. The Morgan fingerprint density at radius 1 is 0.938 bits per heavy atom. The van der Waals surface area contributed by atoms with E-state index in [0.717, 1.165) is 0 Å². The van der Waals surface area contributed by atoms with Gasteiger partial charge in [-0.05, 0) is 17.8 Å². The van der Waals surface area contributed by atoms with Gasteiger partial charge in [0.05, 0.1) is 0 Å². The van der Waals surface area contributed by atoms with Gasteiger partial charge in [-0.1, -0.05) is 0 Å². The van der Waals surface area contributed by atoms with Gasteiger partial charge in [0.25, 0.3) is 0 Å². The molecule has 0 heterocycles. The molecule has 0 spiro atoms. The third-order valence-corrected chi connectivity index (χ3v) is 0.955. The van der Waals surface area contributed by atoms with Crippen molar-refractivity contribution < 1.29 is 4.79 Å². The first-order valence-corrected chi connectivity index (χ1v) is 4.32. The number of hydrogen-bond donors (Lipinski definition) is 1. The molecule has 2 heteroatoms. The SMILES string of the molecule is C[CH-]C#CC#CC#CC#CC#CNC(C)=O. The van der Waals surface area contributed by atoms with Crippen LogP contribution in [0.15, 0.2) is 0 Å². The number of hydrogen-bond acceptors (Lipinski definition) is 1. The maximum atomic E-state index is 10.4. The number of carbonyl (C=O) groups is 1. The van der Waals surface area contributed by atoms with Crippen molar-refractivity contribution in [1.29, 1.82) is 0 Å². The summed E-state index contributed by atoms with van der Waals surface area (Å²) >= 11 is 0. The number of amides is 1. The maximum Gasteiger partial charge on any atom is 0.228 e. The highest BCUT2D eigenvalue weighted by molar-refractivity contribution is 5.74. The molecule has 0 aromatic carbocycles. The highest BCUT2D eigenvalue weighted by Gasteiger charge is 1.78. The van der Waals surface area contributed by atoms with Crippen molar-refractivity contribution in [2.24, 2.45) is 0 Å². The minimum Gasteiger partial charge on any atom is -0.285 e. The fourth-order valence-electron chi connectivity index (χ4n) is 0.446. The number of nitrogens with one attached hydrogen (secondary N) is 1. The topological polar surface area (TPSA) is 29.1 Å². The van der Waals surface area contributed by atoms with Gasteiger partial charge in [0, 0.05) is 30.7 Å². The van der Waals surface area contributed by atoms with Crippen molar-refractivity contribution in [3.8, 4) is 59.3 Å². The van der Waals surface area contributed by atoms with Crippen LogP contribution in [0.25, 0.3) is 0 Å². The monoisotopic (exact) mass is 206 g/mol. The molecule has 0 atom stereocenters. The summed E-state index contributed by atoms with van der Waals surface area (Å²) in [6.07, 6.45) is 1.69. The van der Waals surface area contributed by atoms with Gasteiger partial charge in [0.1, 0.15) is 0 Å². The molecule has 0 aromatic rings. The Morgan fingerprint density at radius 2 is 1.44 bits per heavy atom. The van der Waals surface area contributed by atoms with Gasteiger partial charge in [-0.2, -0.15) is 6.42 Å². The summed E-state index contributed by atoms with van der Waals surface area (Å²) < 4.78 is 0. The normalized spacial score (nSPS) is 5.12. The zero-order valence-corrected chi connectivity index (χ0v) is 8.99. The average molecular weight is 206 g/mol. The van der Waals surface area contributed by atoms with E-state index >= 15 is 0 Å². The first-order valence-electron chi connectivity index (χ1n) is 4.32. The molecule has 1 N–H and O–H groups in total. The van der Waals surface area contributed by atoms with Crippen molar-refractivity contribution in [2.75, 3.05) is 0 Å². The van der Waals surface area contributed by atoms with Crippen LogP contribution in [0.2, 0.25) is 0 Å². The van der Waals surface area contributed by atoms with Gasteiger partial charge in [0.2, 0.25) is 5.91 Å². The molecule has 0 saturated carbocycles. The fraction of sp³-hybridized carbons (Fsp3) is 0.143. The molecular formula is C14H8NO-. The Balaban J connectivity index is 4.08. The Bertz CT molecular complexity index is 543. The van der Waals surface area contributed by atoms with Crippen molar-refractivity contribution in [3.63, 3.8) is 0 Å². The van der Waals surface area contributed by atoms with Crippen molar-refractivity contribution in [3.05, 3.63) is 6.42 Å². The zero-order chi connectivity index (χ0) is 12.1. The van der Waals surface area contributed by atoms with Gasteiger partial charge in [-0.25, -0.2) is 5.92 Å². The van der Waals surface area contributed by atoms with Crippen molar-refractivity contribution >= 4 is 5.91 Å². The molecule has 0 unspecified atom stereocenters. The first-order chi connectivity index (χ1) is 7.77. The molecule has 2 nitrogen and oxygen atoms in total. The van der Waals surface area contributed by atoms with Crippen LogP contribution in [0.5, 0.6) is 0 Å². The maximum absolute atomic E-state index is 10.4. The third kappa shape index (κ3) is 11.1. The van der Waals surface area contributed by atoms with E-state index in [1.54, 1.807) is 6.42 Å². The van der Waals surface area contributed by atoms with Gasteiger partial charge >= 0.3 is 0 Å². The Morgan fingerprint density at radius 3 is 1.94 bits per heavy atom. The quantitative estimate of drug-likeness (QED) is 0.345. The van der Waals surface area contributed by atoms with Gasteiger partial charge in [-0.15, -0.1) is 12.8 Å². The van der Waals surface area contributed by atoms with Crippen LogP contribution in [0.1, 0.15) is 13.8 Å². The van der Waals surface area contributed by atoms with Gasteiger partial charge in [0.15, 0.2) is 0 Å². The molecule has 1 amide bonds. The van der Waals surface area contributed by atoms with Crippen molar-refractivity contribution in [2.45, 2.75) is 13.8 Å². The summed E-state index contributed by atoms with van der Waals surface area (Å²) in [4.78, 5) is 10.4. The first kappa shape index (κ1) is 13.1. The second-order valence-electron chi connectivity index (χ2n) is 2.24. The lowest BCUT2D eigenvalue weighted by molar-refractivity contribution is -0.117. The molecule has 0 saturated heterocycles. The van der Waals surface area contributed by atoms with Gasteiger partial charge in [-0.3, -0.25) is 16.0 Å². The van der Waals surface area contributed by atoms with Crippen LogP contribution >= 0.6 is 0 Å². The lowest BCUT2D eigenvalue weighted by Gasteiger charge is -1.80. The lowest BCUT2D eigenvalue weighted by Crippen LogP contribution is -2.11. The molecule has 0 aliphatic heterocycles. The van der Waals surface area contributed by atoms with E-state index in [4.69, 9.17) is 0 Å². The molecule has 0 rings (SSSR count). The summed E-state index contributed by atoms with van der Waals surface area (Å²) in [7, 11) is 0. The number of rotatable bonds is 0. The smallest absolute Gasteiger partial charge is 0.228 e. The van der Waals surface area contributed by atoms with Crippen LogP contribution < -0.4 is 5.32 Å². The molecular weight excluding hydrogens is 198 g/mol. The second-order valence-corrected chi connectivity index (χ2v) is 2.24. The van der Waals surface area contributed by atoms with Crippen LogP contribution in [-0.2, 0) is 4.79 Å². The molecule has 16 heavy (non-hydrogen) atoms.